The number of hydrogen-bond donors (Lipinski definition) is 2. The third kappa shape index (κ3) is 6.47. The van der Waals surface area contributed by atoms with Gasteiger partial charge in [0.05, 0.1) is 34.5 Å². The maximum atomic E-state index is 15.0. The van der Waals surface area contributed by atoms with E-state index in [-0.39, 0.29) is 12.2 Å². The number of amides is 3. The van der Waals surface area contributed by atoms with Gasteiger partial charge in [0, 0.05) is 11.4 Å². The molecule has 2 aromatic rings. The Balaban J connectivity index is 1.78. The minimum absolute atomic E-state index is 0.252. The highest BCUT2D eigenvalue weighted by molar-refractivity contribution is 7.91. The van der Waals surface area contributed by atoms with E-state index in [2.05, 4.69) is 5.32 Å². The van der Waals surface area contributed by atoms with Gasteiger partial charge >= 0.3 is 6.09 Å². The number of ether oxygens (including phenoxy) is 1. The summed E-state index contributed by atoms with van der Waals surface area (Å²) in [6.07, 6.45) is -1.66. The van der Waals surface area contributed by atoms with Crippen molar-refractivity contribution < 1.29 is 40.7 Å². The molecular formula is C25H25ClF3N3O6S. The van der Waals surface area contributed by atoms with Crippen LogP contribution in [0.25, 0.3) is 0 Å². The first-order chi connectivity index (χ1) is 18.0. The van der Waals surface area contributed by atoms with Gasteiger partial charge < -0.3 is 20.3 Å². The van der Waals surface area contributed by atoms with Crippen LogP contribution in [0.5, 0.6) is 0 Å². The number of fused-ring (bicyclic) bond motifs is 1. The van der Waals surface area contributed by atoms with Crippen molar-refractivity contribution in [2.24, 2.45) is 0 Å². The monoisotopic (exact) mass is 587 g/mol. The van der Waals surface area contributed by atoms with Crippen molar-refractivity contribution in [1.29, 1.82) is 0 Å². The molecule has 1 aliphatic carbocycles. The Morgan fingerprint density at radius 2 is 1.77 bits per heavy atom. The van der Waals surface area contributed by atoms with E-state index in [1.165, 1.54) is 12.1 Å². The van der Waals surface area contributed by atoms with Gasteiger partial charge in [0.2, 0.25) is 0 Å². The van der Waals surface area contributed by atoms with Gasteiger partial charge in [0.25, 0.3) is 17.7 Å². The van der Waals surface area contributed by atoms with E-state index in [1.54, 1.807) is 32.9 Å². The molecule has 1 fully saturated rings. The Kier molecular flexibility index (Phi) is 7.36. The highest BCUT2D eigenvalue weighted by Crippen LogP contribution is 2.42. The third-order valence-corrected chi connectivity index (χ3v) is 7.97. The van der Waals surface area contributed by atoms with Gasteiger partial charge in [-0.15, -0.1) is 0 Å². The van der Waals surface area contributed by atoms with Crippen LogP contribution in [0.3, 0.4) is 0 Å². The zero-order valence-corrected chi connectivity index (χ0v) is 22.6. The molecule has 2 N–H and O–H groups in total. The summed E-state index contributed by atoms with van der Waals surface area (Å²) in [5, 5.41) is 4.67. The summed E-state index contributed by atoms with van der Waals surface area (Å²) in [5.41, 5.74) is -1.54. The lowest BCUT2D eigenvalue weighted by atomic mass is 10.1. The van der Waals surface area contributed by atoms with Crippen LogP contribution in [0.2, 0.25) is 5.02 Å². The van der Waals surface area contributed by atoms with Crippen LogP contribution in [0.15, 0.2) is 41.3 Å². The normalized spacial score (nSPS) is 21.4. The standard InChI is InChI=1S/C25H25ClF3N3O6S/c1-24(2,3)38-23(35)30-17-12-39(36,37)19-9-16(27)15(21(33)31-20-10-25(20,28)29)8-18(19)32(22(17)34)11-13-4-6-14(26)7-5-13/h4-9,17,20H,10-12H2,1-3H3,(H,30,35)(H,31,33)/t17-,20?/m0/s1. The fourth-order valence-electron chi connectivity index (χ4n) is 3.96. The topological polar surface area (TPSA) is 122 Å². The number of nitrogens with zero attached hydrogens (tertiary/aromatic N) is 1. The smallest absolute Gasteiger partial charge is 0.408 e. The van der Waals surface area contributed by atoms with Gasteiger partial charge in [-0.25, -0.2) is 26.4 Å². The molecule has 0 spiro atoms. The molecule has 0 aromatic heterocycles. The van der Waals surface area contributed by atoms with Crippen LogP contribution < -0.4 is 15.5 Å². The van der Waals surface area contributed by atoms with Crippen molar-refractivity contribution in [2.75, 3.05) is 10.7 Å². The largest absolute Gasteiger partial charge is 0.444 e. The Morgan fingerprint density at radius 3 is 2.33 bits per heavy atom. The predicted octanol–water partition coefficient (Wildman–Crippen LogP) is 3.83. The number of carbonyl (C=O) groups excluding carboxylic acids is 3. The lowest BCUT2D eigenvalue weighted by Crippen LogP contribution is -2.51. The Hall–Kier alpha value is -3.32. The number of sulfone groups is 1. The lowest BCUT2D eigenvalue weighted by molar-refractivity contribution is -0.120. The first-order valence-corrected chi connectivity index (χ1v) is 13.8. The average Bonchev–Trinajstić information content (AvgIpc) is 3.42. The first-order valence-electron chi connectivity index (χ1n) is 11.8. The molecule has 2 atom stereocenters. The molecule has 2 aromatic carbocycles. The summed E-state index contributed by atoms with van der Waals surface area (Å²) in [7, 11) is -4.42. The Labute approximate surface area is 227 Å². The highest BCUT2D eigenvalue weighted by atomic mass is 35.5. The number of halogens is 4. The number of hydrogen-bond acceptors (Lipinski definition) is 6. The van der Waals surface area contributed by atoms with Crippen molar-refractivity contribution in [3.63, 3.8) is 0 Å². The fourth-order valence-corrected chi connectivity index (χ4v) is 5.70. The van der Waals surface area contributed by atoms with Gasteiger partial charge in [-0.3, -0.25) is 9.59 Å². The molecule has 0 saturated heterocycles. The van der Waals surface area contributed by atoms with E-state index in [0.717, 1.165) is 11.0 Å². The minimum atomic E-state index is -4.42. The summed E-state index contributed by atoms with van der Waals surface area (Å²) >= 11 is 5.94. The van der Waals surface area contributed by atoms with Gasteiger partial charge in [-0.1, -0.05) is 23.7 Å². The van der Waals surface area contributed by atoms with Gasteiger partial charge in [0.1, 0.15) is 17.5 Å². The molecule has 9 nitrogen and oxygen atoms in total. The number of anilines is 1. The zero-order valence-electron chi connectivity index (χ0n) is 21.1. The molecule has 14 heteroatoms. The Bertz CT molecular complexity index is 1440. The van der Waals surface area contributed by atoms with Crippen LogP contribution in [-0.4, -0.2) is 55.7 Å². The Morgan fingerprint density at radius 1 is 1.15 bits per heavy atom. The second kappa shape index (κ2) is 10.0. The van der Waals surface area contributed by atoms with E-state index < -0.39 is 79.8 Å². The molecule has 39 heavy (non-hydrogen) atoms. The van der Waals surface area contributed by atoms with Crippen molar-refractivity contribution in [1.82, 2.24) is 10.6 Å². The van der Waals surface area contributed by atoms with E-state index in [0.29, 0.717) is 16.7 Å². The second-order valence-corrected chi connectivity index (χ2v) is 12.8. The molecule has 0 bridgehead atoms. The molecule has 1 saturated carbocycles. The fraction of sp³-hybridized carbons (Fsp3) is 0.400. The molecule has 210 valence electrons. The number of rotatable bonds is 5. The summed E-state index contributed by atoms with van der Waals surface area (Å²) in [4.78, 5) is 39.1. The van der Waals surface area contributed by atoms with E-state index >= 15 is 4.39 Å². The summed E-state index contributed by atoms with van der Waals surface area (Å²) < 4.78 is 73.5. The van der Waals surface area contributed by atoms with Crippen molar-refractivity contribution in [3.8, 4) is 0 Å². The number of alkyl carbamates (subject to hydrolysis) is 1. The third-order valence-electron chi connectivity index (χ3n) is 5.95. The maximum Gasteiger partial charge on any atom is 0.408 e. The number of alkyl halides is 2. The SMILES string of the molecule is CC(C)(C)OC(=O)N[C@H]1CS(=O)(=O)c2cc(F)c(C(=O)NC3CC3(F)F)cc2N(Cc2ccc(Cl)cc2)C1=O. The number of carbonyl (C=O) groups is 3. The molecule has 4 rings (SSSR count). The average molecular weight is 588 g/mol. The predicted molar refractivity (Wildman–Crippen MR) is 135 cm³/mol. The molecule has 1 heterocycles. The van der Waals surface area contributed by atoms with Crippen LogP contribution >= 0.6 is 11.6 Å². The molecule has 0 radical (unpaired) electrons. The highest BCUT2D eigenvalue weighted by Gasteiger charge is 2.58. The van der Waals surface area contributed by atoms with Crippen molar-refractivity contribution in [3.05, 3.63) is 58.4 Å². The summed E-state index contributed by atoms with van der Waals surface area (Å²) in [6.45, 7) is 4.48. The van der Waals surface area contributed by atoms with Crippen LogP contribution in [0.1, 0.15) is 43.1 Å². The van der Waals surface area contributed by atoms with E-state index in [1.807, 2.05) is 5.32 Å². The second-order valence-electron chi connectivity index (χ2n) is 10.3. The molecule has 3 amide bonds. The zero-order chi connectivity index (χ0) is 28.9. The lowest BCUT2D eigenvalue weighted by Gasteiger charge is -2.27. The number of nitrogens with one attached hydrogen (secondary N) is 2. The van der Waals surface area contributed by atoms with Crippen LogP contribution in [0, 0.1) is 5.82 Å². The van der Waals surface area contributed by atoms with E-state index in [9.17, 15) is 31.6 Å². The quantitative estimate of drug-likeness (QED) is 0.548. The van der Waals surface area contributed by atoms with Crippen LogP contribution in [-0.2, 0) is 25.9 Å². The van der Waals surface area contributed by atoms with Crippen LogP contribution in [0.4, 0.5) is 23.7 Å². The van der Waals surface area contributed by atoms with Gasteiger partial charge in [-0.2, -0.15) is 0 Å². The maximum absolute atomic E-state index is 15.0. The molecular weight excluding hydrogens is 563 g/mol. The number of benzene rings is 2. The summed E-state index contributed by atoms with van der Waals surface area (Å²) in [5.74, 6) is -7.41. The first kappa shape index (κ1) is 28.7. The molecule has 1 aliphatic heterocycles. The van der Waals surface area contributed by atoms with Crippen molar-refractivity contribution >= 4 is 45.0 Å². The van der Waals surface area contributed by atoms with Gasteiger partial charge in [0.15, 0.2) is 9.84 Å². The van der Waals surface area contributed by atoms with E-state index in [4.69, 9.17) is 16.3 Å². The molecule has 1 unspecified atom stereocenters. The van der Waals surface area contributed by atoms with Gasteiger partial charge in [-0.05, 0) is 50.6 Å². The summed E-state index contributed by atoms with van der Waals surface area (Å²) in [6, 6.07) is 4.49. The van der Waals surface area contributed by atoms with Crippen molar-refractivity contribution in [2.45, 2.75) is 62.2 Å². The minimum Gasteiger partial charge on any atom is -0.444 e. The molecule has 2 aliphatic rings.